The molecule has 0 aliphatic carbocycles. The lowest BCUT2D eigenvalue weighted by atomic mass is 10.1. The van der Waals surface area contributed by atoms with Crippen molar-refractivity contribution in [3.63, 3.8) is 0 Å². The van der Waals surface area contributed by atoms with E-state index in [0.29, 0.717) is 52.0 Å². The molecule has 3 aromatic rings. The molecule has 2 aromatic carbocycles. The van der Waals surface area contributed by atoms with Crippen LogP contribution in [-0.2, 0) is 0 Å². The molecular weight excluding hydrogens is 346 g/mol. The molecule has 126 valence electrons. The first-order chi connectivity index (χ1) is 12.1. The van der Waals surface area contributed by atoms with Crippen molar-refractivity contribution in [1.82, 2.24) is 0 Å². The van der Waals surface area contributed by atoms with Gasteiger partial charge in [0.1, 0.15) is 18.8 Å². The number of ether oxygens (including phenoxy) is 2. The van der Waals surface area contributed by atoms with E-state index in [-0.39, 0.29) is 5.91 Å². The van der Waals surface area contributed by atoms with Gasteiger partial charge >= 0.3 is 5.63 Å². The van der Waals surface area contributed by atoms with Crippen molar-refractivity contribution in [3.05, 3.63) is 63.5 Å². The molecule has 7 heteroatoms. The zero-order chi connectivity index (χ0) is 17.4. The van der Waals surface area contributed by atoms with E-state index in [1.807, 2.05) is 0 Å². The second kappa shape index (κ2) is 6.14. The third-order valence-electron chi connectivity index (χ3n) is 3.74. The number of halogens is 1. The van der Waals surface area contributed by atoms with E-state index in [1.165, 1.54) is 12.1 Å². The fourth-order valence-corrected chi connectivity index (χ4v) is 2.86. The maximum absolute atomic E-state index is 12.5. The zero-order valence-corrected chi connectivity index (χ0v) is 13.6. The molecule has 0 radical (unpaired) electrons. The minimum absolute atomic E-state index is 0.322. The van der Waals surface area contributed by atoms with Crippen LogP contribution >= 0.6 is 11.6 Å². The minimum atomic E-state index is -0.421. The molecule has 1 amide bonds. The molecule has 1 N–H and O–H groups in total. The van der Waals surface area contributed by atoms with Crippen LogP contribution in [0, 0.1) is 0 Å². The second-order valence-corrected chi connectivity index (χ2v) is 5.85. The van der Waals surface area contributed by atoms with Crippen LogP contribution in [0.25, 0.3) is 11.0 Å². The Morgan fingerprint density at radius 1 is 1.04 bits per heavy atom. The first-order valence-corrected chi connectivity index (χ1v) is 7.92. The Morgan fingerprint density at radius 2 is 1.88 bits per heavy atom. The summed E-state index contributed by atoms with van der Waals surface area (Å²) in [6.07, 6.45) is 0. The van der Waals surface area contributed by atoms with E-state index in [2.05, 4.69) is 5.32 Å². The molecule has 4 rings (SSSR count). The number of hydrogen-bond donors (Lipinski definition) is 1. The van der Waals surface area contributed by atoms with E-state index in [0.717, 1.165) is 0 Å². The number of benzene rings is 2. The van der Waals surface area contributed by atoms with Gasteiger partial charge in [0.2, 0.25) is 0 Å². The van der Waals surface area contributed by atoms with Crippen LogP contribution in [0.1, 0.15) is 10.4 Å². The Hall–Kier alpha value is -2.99. The van der Waals surface area contributed by atoms with Gasteiger partial charge in [-0.2, -0.15) is 0 Å². The van der Waals surface area contributed by atoms with Crippen molar-refractivity contribution in [2.75, 3.05) is 18.5 Å². The molecule has 6 nitrogen and oxygen atoms in total. The van der Waals surface area contributed by atoms with Gasteiger partial charge in [-0.25, -0.2) is 4.79 Å². The van der Waals surface area contributed by atoms with Gasteiger partial charge in [0, 0.05) is 22.7 Å². The van der Waals surface area contributed by atoms with Gasteiger partial charge in [0.15, 0.2) is 11.5 Å². The minimum Gasteiger partial charge on any atom is -0.486 e. The smallest absolute Gasteiger partial charge is 0.336 e. The third kappa shape index (κ3) is 3.04. The first kappa shape index (κ1) is 15.5. The fraction of sp³-hybridized carbons (Fsp3) is 0.111. The lowest BCUT2D eigenvalue weighted by Crippen LogP contribution is -2.17. The van der Waals surface area contributed by atoms with Crippen molar-refractivity contribution in [3.8, 4) is 11.5 Å². The van der Waals surface area contributed by atoms with Crippen LogP contribution in [0.5, 0.6) is 11.5 Å². The molecular formula is C18H12ClNO5. The second-order valence-electron chi connectivity index (χ2n) is 5.44. The summed E-state index contributed by atoms with van der Waals surface area (Å²) in [6.45, 7) is 0.829. The highest BCUT2D eigenvalue weighted by molar-refractivity contribution is 6.32. The van der Waals surface area contributed by atoms with E-state index in [4.69, 9.17) is 25.5 Å². The fourth-order valence-electron chi connectivity index (χ4n) is 2.59. The Bertz CT molecular complexity index is 1040. The van der Waals surface area contributed by atoms with Crippen molar-refractivity contribution in [2.24, 2.45) is 0 Å². The van der Waals surface area contributed by atoms with Gasteiger partial charge in [0.05, 0.1) is 5.02 Å². The summed E-state index contributed by atoms with van der Waals surface area (Å²) in [4.78, 5) is 23.7. The highest BCUT2D eigenvalue weighted by Gasteiger charge is 2.19. The van der Waals surface area contributed by atoms with Crippen LogP contribution < -0.4 is 20.4 Å². The van der Waals surface area contributed by atoms with Crippen LogP contribution in [0.15, 0.2) is 51.7 Å². The summed E-state index contributed by atoms with van der Waals surface area (Å²) in [5.74, 6) is 0.560. The SMILES string of the molecule is O=C(Nc1ccc2oc(=O)ccc2c1)c1cc(Cl)c2c(c1)OCCO2. The number of carbonyl (C=O) groups is 1. The standard InChI is InChI=1S/C18H12ClNO5/c19-13-8-11(9-15-17(13)24-6-5-23-15)18(22)20-12-2-3-14-10(7-12)1-4-16(21)25-14/h1-4,7-9H,5-6H2,(H,20,22). The number of amides is 1. The Morgan fingerprint density at radius 3 is 2.76 bits per heavy atom. The van der Waals surface area contributed by atoms with Crippen LogP contribution in [0.3, 0.4) is 0 Å². The van der Waals surface area contributed by atoms with E-state index in [9.17, 15) is 9.59 Å². The third-order valence-corrected chi connectivity index (χ3v) is 4.02. The summed E-state index contributed by atoms with van der Waals surface area (Å²) in [5.41, 5.74) is 0.953. The van der Waals surface area contributed by atoms with Crippen molar-refractivity contribution in [1.29, 1.82) is 0 Å². The van der Waals surface area contributed by atoms with Crippen molar-refractivity contribution >= 4 is 34.2 Å². The highest BCUT2D eigenvalue weighted by Crippen LogP contribution is 2.38. The lowest BCUT2D eigenvalue weighted by molar-refractivity contribution is 0.102. The van der Waals surface area contributed by atoms with Gasteiger partial charge in [0.25, 0.3) is 5.91 Å². The Balaban J connectivity index is 1.62. The zero-order valence-electron chi connectivity index (χ0n) is 12.9. The molecule has 1 aromatic heterocycles. The molecule has 1 aliphatic heterocycles. The average Bonchev–Trinajstić information content (AvgIpc) is 2.62. The lowest BCUT2D eigenvalue weighted by Gasteiger charge is -2.20. The van der Waals surface area contributed by atoms with E-state index in [1.54, 1.807) is 30.3 Å². The van der Waals surface area contributed by atoms with Crippen molar-refractivity contribution in [2.45, 2.75) is 0 Å². The van der Waals surface area contributed by atoms with Gasteiger partial charge in [-0.05, 0) is 36.4 Å². The topological polar surface area (TPSA) is 77.8 Å². The molecule has 2 heterocycles. The quantitative estimate of drug-likeness (QED) is 0.710. The summed E-state index contributed by atoms with van der Waals surface area (Å²) < 4.78 is 16.0. The molecule has 0 spiro atoms. The molecule has 25 heavy (non-hydrogen) atoms. The van der Waals surface area contributed by atoms with Crippen LogP contribution in [0.2, 0.25) is 5.02 Å². The number of hydrogen-bond acceptors (Lipinski definition) is 5. The first-order valence-electron chi connectivity index (χ1n) is 7.54. The predicted molar refractivity (Wildman–Crippen MR) is 92.9 cm³/mol. The molecule has 0 fully saturated rings. The van der Waals surface area contributed by atoms with Gasteiger partial charge in [-0.3, -0.25) is 4.79 Å². The van der Waals surface area contributed by atoms with E-state index >= 15 is 0 Å². The molecule has 0 saturated heterocycles. The van der Waals surface area contributed by atoms with Gasteiger partial charge in [-0.1, -0.05) is 11.6 Å². The van der Waals surface area contributed by atoms with E-state index < -0.39 is 5.63 Å². The van der Waals surface area contributed by atoms with Crippen LogP contribution in [0.4, 0.5) is 5.69 Å². The highest BCUT2D eigenvalue weighted by atomic mass is 35.5. The summed E-state index contributed by atoms with van der Waals surface area (Å²) in [5, 5.41) is 3.81. The molecule has 1 aliphatic rings. The number of rotatable bonds is 2. The normalized spacial score (nSPS) is 12.8. The van der Waals surface area contributed by atoms with Gasteiger partial charge in [-0.15, -0.1) is 0 Å². The summed E-state index contributed by atoms with van der Waals surface area (Å²) in [7, 11) is 0. The molecule has 0 saturated carbocycles. The molecule has 0 bridgehead atoms. The maximum Gasteiger partial charge on any atom is 0.336 e. The van der Waals surface area contributed by atoms with Crippen molar-refractivity contribution < 1.29 is 18.7 Å². The van der Waals surface area contributed by atoms with Crippen LogP contribution in [-0.4, -0.2) is 19.1 Å². The maximum atomic E-state index is 12.5. The monoisotopic (exact) mass is 357 g/mol. The number of carbonyl (C=O) groups excluding carboxylic acids is 1. The summed E-state index contributed by atoms with van der Waals surface area (Å²) >= 11 is 6.16. The Kier molecular flexibility index (Phi) is 3.82. The average molecular weight is 358 g/mol. The largest absolute Gasteiger partial charge is 0.486 e. The van der Waals surface area contributed by atoms with Gasteiger partial charge < -0.3 is 19.2 Å². The number of fused-ring (bicyclic) bond motifs is 2. The predicted octanol–water partition coefficient (Wildman–Crippen LogP) is 3.47. The number of anilines is 1. The Labute approximate surface area is 146 Å². The molecule has 0 unspecified atom stereocenters. The number of nitrogens with one attached hydrogen (secondary N) is 1. The summed E-state index contributed by atoms with van der Waals surface area (Å²) in [6, 6.07) is 11.1. The molecule has 0 atom stereocenters.